The van der Waals surface area contributed by atoms with Crippen molar-refractivity contribution in [3.05, 3.63) is 394 Å². The van der Waals surface area contributed by atoms with Gasteiger partial charge in [-0.15, -0.1) is 0 Å². The summed E-state index contributed by atoms with van der Waals surface area (Å²) in [5, 5.41) is 12.3. The average Bonchev–Trinajstić information content (AvgIpc) is 0.733. The summed E-state index contributed by atoms with van der Waals surface area (Å²) in [4.78, 5) is 29.4. The lowest BCUT2D eigenvalue weighted by Crippen LogP contribution is -1.98. The second-order valence-corrected chi connectivity index (χ2v) is 27.5. The molecule has 4 aromatic heterocycles. The molecule has 0 unspecified atom stereocenters. The van der Waals surface area contributed by atoms with Crippen molar-refractivity contribution >= 4 is 59.9 Å². The fourth-order valence-electron chi connectivity index (χ4n) is 15.8. The van der Waals surface area contributed by atoms with Crippen LogP contribution < -0.4 is 0 Å². The molecule has 1 aliphatic rings. The molecule has 0 bridgehead atoms. The van der Waals surface area contributed by atoms with E-state index in [0.717, 1.165) is 102 Å². The minimum absolute atomic E-state index is 0.693. The molecule has 1 aliphatic carbocycles. The van der Waals surface area contributed by atoms with Crippen LogP contribution in [0.3, 0.4) is 0 Å². The number of rotatable bonds is 12. The number of hydrogen-bond acceptors (Lipinski definition) is 6. The van der Waals surface area contributed by atoms with Crippen molar-refractivity contribution in [2.45, 2.75) is 12.8 Å². The number of aryl methyl sites for hydroxylation is 1. The van der Waals surface area contributed by atoms with Crippen LogP contribution in [0.2, 0.25) is 0 Å². The minimum Gasteiger partial charge on any atom is -0.264 e. The molecule has 4 heterocycles. The molecule has 0 saturated heterocycles. The molecule has 0 amide bonds. The normalized spacial score (nSPS) is 11.8. The molecule has 0 aliphatic heterocycles. The van der Waals surface area contributed by atoms with Crippen molar-refractivity contribution in [2.24, 2.45) is 0 Å². The Bertz CT molecular complexity index is 6500. The largest absolute Gasteiger partial charge is 0.264 e. The standard InChI is InChI=1S/C55H37N3.C47H31N3/c1-2-14-40-32-41(30-27-36(40)12-1)52-34-51(39-28-25-37(26-29-39)44-18-11-31-56-35-44)57-55(58-52)43-17-9-16-42(33-43)53-47-20-5-7-22-49(47)54(50-23-8-6-21-48(50)53)46-24-10-15-38-13-3-4-19-45(38)46;1-3-12-33(13-4-1)43-30-44(34-23-21-32(22-24-34)38-16-11-29-48-31-38)50-47(49-43)37-27-25-36(26-28-37)46-41-19-9-7-17-39(41)45(35-14-5-2-6-15-35)40-18-8-10-20-42(40)46/h1,3-13,15-35H,2,14H2;1-31H. The maximum absolute atomic E-state index is 5.32. The van der Waals surface area contributed by atoms with Gasteiger partial charge in [0.05, 0.1) is 22.8 Å². The highest BCUT2D eigenvalue weighted by Gasteiger charge is 2.22. The maximum Gasteiger partial charge on any atom is 0.160 e. The Morgan fingerprint density at radius 1 is 0.222 bits per heavy atom. The van der Waals surface area contributed by atoms with Gasteiger partial charge in [0.2, 0.25) is 0 Å². The molecule has 506 valence electrons. The Morgan fingerprint density at radius 3 is 1.10 bits per heavy atom. The highest BCUT2D eigenvalue weighted by molar-refractivity contribution is 6.24. The Morgan fingerprint density at radius 2 is 0.583 bits per heavy atom. The van der Waals surface area contributed by atoms with Gasteiger partial charge in [0.15, 0.2) is 11.6 Å². The fraction of sp³-hybridized carbons (Fsp3) is 0.0196. The van der Waals surface area contributed by atoms with Crippen LogP contribution in [0.25, 0.3) is 195 Å². The van der Waals surface area contributed by atoms with Crippen molar-refractivity contribution in [3.63, 3.8) is 0 Å². The number of aromatic nitrogens is 6. The van der Waals surface area contributed by atoms with Gasteiger partial charge in [-0.1, -0.05) is 328 Å². The summed E-state index contributed by atoms with van der Waals surface area (Å²) in [7, 11) is 0. The number of allylic oxidation sites excluding steroid dienone is 1. The molecule has 19 aromatic rings. The number of hydrogen-bond donors (Lipinski definition) is 0. The zero-order chi connectivity index (χ0) is 71.7. The van der Waals surface area contributed by atoms with Crippen molar-refractivity contribution in [1.29, 1.82) is 0 Å². The highest BCUT2D eigenvalue weighted by atomic mass is 14.9. The Kier molecular flexibility index (Phi) is 17.0. The molecular weight excluding hydrogens is 1310 g/mol. The topological polar surface area (TPSA) is 77.3 Å². The number of nitrogens with zero attached hydrogens (tertiary/aromatic N) is 6. The predicted octanol–water partition coefficient (Wildman–Crippen LogP) is 26.5. The van der Waals surface area contributed by atoms with Gasteiger partial charge in [0.25, 0.3) is 0 Å². The van der Waals surface area contributed by atoms with Crippen LogP contribution in [0.1, 0.15) is 17.5 Å². The molecular formula is C102H68N6. The van der Waals surface area contributed by atoms with Gasteiger partial charge in [-0.3, -0.25) is 9.97 Å². The SMILES string of the molecule is C1=Cc2ccc(-c3cc(-c4ccc(-c5cccnc5)cc4)nc(-c4cccc(-c5c6ccccc6c(-c6cccc7ccccc67)c6ccccc56)c4)n3)cc2CC1.c1ccc(-c2cc(-c3ccc(-c4cccnc4)cc3)nc(-c3ccc(-c4c5ccccc5c(-c5ccccc5)c5ccccc45)cc3)n2)cc1. The van der Waals surface area contributed by atoms with E-state index in [-0.39, 0.29) is 0 Å². The van der Waals surface area contributed by atoms with Gasteiger partial charge in [-0.25, -0.2) is 19.9 Å². The minimum atomic E-state index is 0.693. The number of fused-ring (bicyclic) bond motifs is 6. The molecule has 108 heavy (non-hydrogen) atoms. The molecule has 0 N–H and O–H groups in total. The summed E-state index contributed by atoms with van der Waals surface area (Å²) in [5.41, 5.74) is 26.5. The van der Waals surface area contributed by atoms with E-state index < -0.39 is 0 Å². The monoisotopic (exact) mass is 1380 g/mol. The average molecular weight is 1380 g/mol. The van der Waals surface area contributed by atoms with Crippen molar-refractivity contribution in [3.8, 4) is 135 Å². The van der Waals surface area contributed by atoms with Crippen LogP contribution in [0.15, 0.2) is 383 Å². The third-order valence-electron chi connectivity index (χ3n) is 21.0. The van der Waals surface area contributed by atoms with Crippen LogP contribution in [0, 0.1) is 0 Å². The first-order valence-corrected chi connectivity index (χ1v) is 36.8. The summed E-state index contributed by atoms with van der Waals surface area (Å²) < 4.78 is 0. The molecule has 0 radical (unpaired) electrons. The zero-order valence-electron chi connectivity index (χ0n) is 59.0. The van der Waals surface area contributed by atoms with Gasteiger partial charge < -0.3 is 0 Å². The van der Waals surface area contributed by atoms with E-state index in [1.54, 1.807) is 12.4 Å². The lowest BCUT2D eigenvalue weighted by molar-refractivity contribution is 0.986. The lowest BCUT2D eigenvalue weighted by atomic mass is 9.84. The number of benzene rings is 15. The van der Waals surface area contributed by atoms with E-state index in [4.69, 9.17) is 19.9 Å². The first-order chi connectivity index (χ1) is 53.5. The molecule has 6 heteroatoms. The second kappa shape index (κ2) is 28.4. The summed E-state index contributed by atoms with van der Waals surface area (Å²) in [6.07, 6.45) is 14.0. The van der Waals surface area contributed by atoms with Crippen LogP contribution in [-0.2, 0) is 6.42 Å². The van der Waals surface area contributed by atoms with E-state index in [0.29, 0.717) is 11.6 Å². The molecule has 6 nitrogen and oxygen atoms in total. The highest BCUT2D eigenvalue weighted by Crippen LogP contribution is 2.48. The van der Waals surface area contributed by atoms with Gasteiger partial charge >= 0.3 is 0 Å². The lowest BCUT2D eigenvalue weighted by Gasteiger charge is -2.19. The van der Waals surface area contributed by atoms with E-state index in [1.165, 1.54) is 98.4 Å². The Labute approximate surface area is 627 Å². The first-order valence-electron chi connectivity index (χ1n) is 36.8. The van der Waals surface area contributed by atoms with Crippen molar-refractivity contribution in [1.82, 2.24) is 29.9 Å². The van der Waals surface area contributed by atoms with E-state index in [2.05, 4.69) is 344 Å². The van der Waals surface area contributed by atoms with Crippen molar-refractivity contribution in [2.75, 3.05) is 0 Å². The third-order valence-corrected chi connectivity index (χ3v) is 21.0. The van der Waals surface area contributed by atoms with Crippen molar-refractivity contribution < 1.29 is 0 Å². The quantitative estimate of drug-likeness (QED) is 0.113. The second-order valence-electron chi connectivity index (χ2n) is 27.5. The fourth-order valence-corrected chi connectivity index (χ4v) is 15.8. The molecule has 0 atom stereocenters. The van der Waals surface area contributed by atoms with Gasteiger partial charge in [-0.2, -0.15) is 0 Å². The predicted molar refractivity (Wildman–Crippen MR) is 450 cm³/mol. The molecule has 15 aromatic carbocycles. The van der Waals surface area contributed by atoms with Crippen LogP contribution >= 0.6 is 0 Å². The van der Waals surface area contributed by atoms with E-state index >= 15 is 0 Å². The van der Waals surface area contributed by atoms with Gasteiger partial charge in [-0.05, 0) is 181 Å². The smallest absolute Gasteiger partial charge is 0.160 e. The zero-order valence-corrected chi connectivity index (χ0v) is 59.0. The molecule has 20 rings (SSSR count). The first kappa shape index (κ1) is 64.6. The summed E-state index contributed by atoms with van der Waals surface area (Å²) >= 11 is 0. The molecule has 0 saturated carbocycles. The third kappa shape index (κ3) is 12.4. The van der Waals surface area contributed by atoms with E-state index in [9.17, 15) is 0 Å². The summed E-state index contributed by atoms with van der Waals surface area (Å²) in [6, 6.07) is 125. The number of pyridine rings is 2. The van der Waals surface area contributed by atoms with Crippen LogP contribution in [-0.4, -0.2) is 29.9 Å². The molecule has 0 spiro atoms. The Hall–Kier alpha value is -14.2. The molecule has 0 fully saturated rings. The maximum atomic E-state index is 5.32. The van der Waals surface area contributed by atoms with E-state index in [1.807, 2.05) is 42.7 Å². The van der Waals surface area contributed by atoms with Crippen LogP contribution in [0.5, 0.6) is 0 Å². The van der Waals surface area contributed by atoms with Gasteiger partial charge in [0, 0.05) is 58.2 Å². The summed E-state index contributed by atoms with van der Waals surface area (Å²) in [6.45, 7) is 0. The Balaban J connectivity index is 0.000000149. The van der Waals surface area contributed by atoms with Crippen LogP contribution in [0.4, 0.5) is 0 Å². The summed E-state index contributed by atoms with van der Waals surface area (Å²) in [5.74, 6) is 1.39. The van der Waals surface area contributed by atoms with Gasteiger partial charge in [0.1, 0.15) is 0 Å².